The zero-order valence-corrected chi connectivity index (χ0v) is 9.68. The lowest BCUT2D eigenvalue weighted by atomic mass is 10.1. The Hall–Kier alpha value is -1.71. The standard InChI is InChI=1S/C13H13F2NO/c1-7(2)5-8-6-11(17)9-3-4-10(14)12(15)13(9)16-8/h3-4,6-7H,5H2,1-2H3,(H,16,17). The highest BCUT2D eigenvalue weighted by atomic mass is 19.2. The lowest BCUT2D eigenvalue weighted by molar-refractivity contribution is 0.514. The van der Waals surface area contributed by atoms with Gasteiger partial charge in [0.1, 0.15) is 0 Å². The number of hydrogen-bond acceptors (Lipinski definition) is 1. The summed E-state index contributed by atoms with van der Waals surface area (Å²) in [4.78, 5) is 14.5. The second-order valence-electron chi connectivity index (χ2n) is 4.54. The van der Waals surface area contributed by atoms with Crippen molar-refractivity contribution >= 4 is 10.9 Å². The van der Waals surface area contributed by atoms with Crippen LogP contribution in [0.1, 0.15) is 19.5 Å². The number of fused-ring (bicyclic) bond motifs is 1. The van der Waals surface area contributed by atoms with Crippen LogP contribution < -0.4 is 5.43 Å². The lowest BCUT2D eigenvalue weighted by Crippen LogP contribution is -2.09. The van der Waals surface area contributed by atoms with E-state index in [0.717, 1.165) is 6.07 Å². The van der Waals surface area contributed by atoms with E-state index in [4.69, 9.17) is 0 Å². The summed E-state index contributed by atoms with van der Waals surface area (Å²) in [5.41, 5.74) is 0.295. The predicted molar refractivity (Wildman–Crippen MR) is 63.0 cm³/mol. The average Bonchev–Trinajstić information content (AvgIpc) is 2.23. The van der Waals surface area contributed by atoms with Crippen molar-refractivity contribution in [3.63, 3.8) is 0 Å². The molecule has 0 unspecified atom stereocenters. The summed E-state index contributed by atoms with van der Waals surface area (Å²) < 4.78 is 26.6. The van der Waals surface area contributed by atoms with Crippen LogP contribution >= 0.6 is 0 Å². The fourth-order valence-corrected chi connectivity index (χ4v) is 1.86. The van der Waals surface area contributed by atoms with Gasteiger partial charge in [-0.15, -0.1) is 0 Å². The van der Waals surface area contributed by atoms with E-state index in [9.17, 15) is 13.6 Å². The van der Waals surface area contributed by atoms with Crippen LogP contribution in [0.5, 0.6) is 0 Å². The molecule has 0 saturated heterocycles. The average molecular weight is 237 g/mol. The normalized spacial score (nSPS) is 11.4. The number of benzene rings is 1. The summed E-state index contributed by atoms with van der Waals surface area (Å²) in [5, 5.41) is 0.177. The lowest BCUT2D eigenvalue weighted by Gasteiger charge is -2.07. The van der Waals surface area contributed by atoms with Gasteiger partial charge in [-0.1, -0.05) is 13.8 Å². The first-order chi connectivity index (χ1) is 7.99. The van der Waals surface area contributed by atoms with Crippen molar-refractivity contribution in [2.75, 3.05) is 0 Å². The highest BCUT2D eigenvalue weighted by molar-refractivity contribution is 5.79. The molecule has 0 spiro atoms. The number of pyridine rings is 1. The molecule has 1 aromatic carbocycles. The number of halogens is 2. The van der Waals surface area contributed by atoms with Crippen molar-refractivity contribution in [2.24, 2.45) is 5.92 Å². The molecule has 1 heterocycles. The molecule has 2 nitrogen and oxygen atoms in total. The zero-order chi connectivity index (χ0) is 12.6. The van der Waals surface area contributed by atoms with Gasteiger partial charge in [-0.25, -0.2) is 8.78 Å². The van der Waals surface area contributed by atoms with Crippen LogP contribution in [0.2, 0.25) is 0 Å². The Morgan fingerprint density at radius 1 is 1.29 bits per heavy atom. The van der Waals surface area contributed by atoms with E-state index in [1.807, 2.05) is 13.8 Å². The van der Waals surface area contributed by atoms with E-state index in [1.54, 1.807) is 0 Å². The van der Waals surface area contributed by atoms with Crippen LogP contribution in [0.15, 0.2) is 23.0 Å². The molecule has 0 aliphatic carbocycles. The number of aromatic amines is 1. The third-order valence-corrected chi connectivity index (χ3v) is 2.58. The van der Waals surface area contributed by atoms with Crippen LogP contribution in [0.4, 0.5) is 8.78 Å². The minimum absolute atomic E-state index is 0.0480. The van der Waals surface area contributed by atoms with Gasteiger partial charge in [0, 0.05) is 17.1 Å². The molecule has 2 rings (SSSR count). The molecule has 0 aliphatic rings. The van der Waals surface area contributed by atoms with Crippen molar-refractivity contribution < 1.29 is 8.78 Å². The number of rotatable bonds is 2. The van der Waals surface area contributed by atoms with Gasteiger partial charge in [-0.05, 0) is 24.5 Å². The quantitative estimate of drug-likeness (QED) is 0.855. The summed E-state index contributed by atoms with van der Waals surface area (Å²) >= 11 is 0. The Labute approximate surface area is 97.3 Å². The minimum atomic E-state index is -0.995. The van der Waals surface area contributed by atoms with Gasteiger partial charge in [0.2, 0.25) is 0 Å². The summed E-state index contributed by atoms with van der Waals surface area (Å²) in [6.45, 7) is 3.98. The highest BCUT2D eigenvalue weighted by Crippen LogP contribution is 2.17. The minimum Gasteiger partial charge on any atom is -0.356 e. The summed E-state index contributed by atoms with van der Waals surface area (Å²) in [6.07, 6.45) is 0.626. The van der Waals surface area contributed by atoms with Crippen LogP contribution in [-0.4, -0.2) is 4.98 Å². The van der Waals surface area contributed by atoms with Gasteiger partial charge in [0.25, 0.3) is 0 Å². The van der Waals surface area contributed by atoms with E-state index in [1.165, 1.54) is 12.1 Å². The van der Waals surface area contributed by atoms with Gasteiger partial charge in [-0.3, -0.25) is 4.79 Å². The first-order valence-electron chi connectivity index (χ1n) is 5.49. The SMILES string of the molecule is CC(C)Cc1cc(=O)c2ccc(F)c(F)c2[nH]1. The summed E-state index contributed by atoms with van der Waals surface area (Å²) in [7, 11) is 0. The smallest absolute Gasteiger partial charge is 0.189 e. The Morgan fingerprint density at radius 2 is 2.00 bits per heavy atom. The molecule has 0 atom stereocenters. The van der Waals surface area contributed by atoms with Crippen LogP contribution in [0.25, 0.3) is 10.9 Å². The molecule has 0 bridgehead atoms. The number of aromatic nitrogens is 1. The van der Waals surface area contributed by atoms with E-state index in [-0.39, 0.29) is 16.3 Å². The van der Waals surface area contributed by atoms with Gasteiger partial charge >= 0.3 is 0 Å². The zero-order valence-electron chi connectivity index (χ0n) is 9.68. The topological polar surface area (TPSA) is 32.9 Å². The maximum atomic E-state index is 13.6. The van der Waals surface area contributed by atoms with E-state index in [0.29, 0.717) is 18.0 Å². The monoisotopic (exact) mass is 237 g/mol. The third kappa shape index (κ3) is 2.20. The molecule has 1 N–H and O–H groups in total. The first kappa shape index (κ1) is 11.8. The van der Waals surface area contributed by atoms with Gasteiger partial charge in [0.15, 0.2) is 17.1 Å². The summed E-state index contributed by atoms with van der Waals surface area (Å²) in [5.74, 6) is -1.61. The molecule has 0 radical (unpaired) electrons. The fourth-order valence-electron chi connectivity index (χ4n) is 1.86. The Balaban J connectivity index is 2.70. The van der Waals surface area contributed by atoms with Crippen LogP contribution in [0, 0.1) is 17.6 Å². The van der Waals surface area contributed by atoms with E-state index in [2.05, 4.69) is 4.98 Å². The van der Waals surface area contributed by atoms with Crippen molar-refractivity contribution in [1.82, 2.24) is 4.98 Å². The van der Waals surface area contributed by atoms with Crippen molar-refractivity contribution in [1.29, 1.82) is 0 Å². The molecule has 2 aromatic rings. The van der Waals surface area contributed by atoms with Crippen molar-refractivity contribution in [3.05, 3.63) is 45.8 Å². The second-order valence-corrected chi connectivity index (χ2v) is 4.54. The number of H-pyrrole nitrogens is 1. The van der Waals surface area contributed by atoms with Crippen molar-refractivity contribution in [3.8, 4) is 0 Å². The van der Waals surface area contributed by atoms with Gasteiger partial charge < -0.3 is 4.98 Å². The molecule has 0 amide bonds. The number of nitrogens with one attached hydrogen (secondary N) is 1. The molecule has 1 aromatic heterocycles. The molecular weight excluding hydrogens is 224 g/mol. The van der Waals surface area contributed by atoms with Gasteiger partial charge in [0.05, 0.1) is 5.52 Å². The van der Waals surface area contributed by atoms with Crippen LogP contribution in [-0.2, 0) is 6.42 Å². The maximum absolute atomic E-state index is 13.6. The van der Waals surface area contributed by atoms with E-state index < -0.39 is 11.6 Å². The largest absolute Gasteiger partial charge is 0.356 e. The summed E-state index contributed by atoms with van der Waals surface area (Å²) in [6, 6.07) is 3.71. The molecule has 90 valence electrons. The first-order valence-corrected chi connectivity index (χ1v) is 5.49. The molecule has 4 heteroatoms. The van der Waals surface area contributed by atoms with Gasteiger partial charge in [-0.2, -0.15) is 0 Å². The molecule has 17 heavy (non-hydrogen) atoms. The Bertz CT molecular complexity index is 617. The fraction of sp³-hybridized carbons (Fsp3) is 0.308. The number of hydrogen-bond donors (Lipinski definition) is 1. The molecule has 0 aliphatic heterocycles. The Kier molecular flexibility index (Phi) is 2.96. The predicted octanol–water partition coefficient (Wildman–Crippen LogP) is 3.00. The molecule has 0 saturated carbocycles. The third-order valence-electron chi connectivity index (χ3n) is 2.58. The molecular formula is C13H13F2NO. The second kappa shape index (κ2) is 4.28. The van der Waals surface area contributed by atoms with E-state index >= 15 is 0 Å². The maximum Gasteiger partial charge on any atom is 0.189 e. The molecule has 0 fully saturated rings. The van der Waals surface area contributed by atoms with Crippen molar-refractivity contribution in [2.45, 2.75) is 20.3 Å². The Morgan fingerprint density at radius 3 is 2.65 bits per heavy atom. The van der Waals surface area contributed by atoms with Crippen LogP contribution in [0.3, 0.4) is 0 Å². The highest BCUT2D eigenvalue weighted by Gasteiger charge is 2.11.